The van der Waals surface area contributed by atoms with Gasteiger partial charge in [-0.25, -0.2) is 0 Å². The summed E-state index contributed by atoms with van der Waals surface area (Å²) in [5, 5.41) is 9.70. The molecule has 2 aromatic rings. The van der Waals surface area contributed by atoms with Crippen molar-refractivity contribution in [3.63, 3.8) is 0 Å². The van der Waals surface area contributed by atoms with E-state index in [0.29, 0.717) is 12.0 Å². The molecule has 114 valence electrons. The fourth-order valence-electron chi connectivity index (χ4n) is 4.35. The van der Waals surface area contributed by atoms with Crippen LogP contribution < -0.4 is 5.32 Å². The van der Waals surface area contributed by atoms with Gasteiger partial charge in [0.2, 0.25) is 0 Å². The van der Waals surface area contributed by atoms with E-state index in [9.17, 15) is 0 Å². The Labute approximate surface area is 127 Å². The van der Waals surface area contributed by atoms with E-state index in [1.165, 1.54) is 35.9 Å². The van der Waals surface area contributed by atoms with Gasteiger partial charge in [-0.05, 0) is 50.1 Å². The highest BCUT2D eigenvalue weighted by Gasteiger charge is 2.32. The summed E-state index contributed by atoms with van der Waals surface area (Å²) in [5.74, 6) is 2.33. The number of aryl methyl sites for hydroxylation is 1. The lowest BCUT2D eigenvalue weighted by Crippen LogP contribution is -2.31. The van der Waals surface area contributed by atoms with Crippen molar-refractivity contribution >= 4 is 10.9 Å². The van der Waals surface area contributed by atoms with Crippen molar-refractivity contribution in [3.05, 3.63) is 30.0 Å². The Morgan fingerprint density at radius 1 is 1.14 bits per heavy atom. The minimum Gasteiger partial charge on any atom is -0.311 e. The molecule has 3 heteroatoms. The Balaban J connectivity index is 1.98. The topological polar surface area (TPSA) is 29.9 Å². The summed E-state index contributed by atoms with van der Waals surface area (Å²) < 4.78 is 2.02. The maximum Gasteiger partial charge on any atom is 0.0875 e. The van der Waals surface area contributed by atoms with E-state index in [0.717, 1.165) is 11.8 Å². The van der Waals surface area contributed by atoms with E-state index < -0.39 is 0 Å². The van der Waals surface area contributed by atoms with Crippen LogP contribution in [0.3, 0.4) is 0 Å². The number of nitrogens with zero attached hydrogens (tertiary/aromatic N) is 2. The first-order valence-corrected chi connectivity index (χ1v) is 8.19. The van der Waals surface area contributed by atoms with Crippen molar-refractivity contribution in [3.8, 4) is 0 Å². The molecule has 1 saturated carbocycles. The zero-order chi connectivity index (χ0) is 15.0. The van der Waals surface area contributed by atoms with Crippen molar-refractivity contribution in [2.45, 2.75) is 39.2 Å². The molecule has 1 fully saturated rings. The molecule has 1 N–H and O–H groups in total. The summed E-state index contributed by atoms with van der Waals surface area (Å²) in [6, 6.07) is 8.93. The van der Waals surface area contributed by atoms with Gasteiger partial charge < -0.3 is 5.32 Å². The highest BCUT2D eigenvalue weighted by Crippen LogP contribution is 2.40. The number of benzene rings is 1. The molecule has 0 aliphatic heterocycles. The van der Waals surface area contributed by atoms with Crippen LogP contribution in [0.1, 0.15) is 44.8 Å². The van der Waals surface area contributed by atoms with E-state index in [1.807, 2.05) is 11.7 Å². The lowest BCUT2D eigenvalue weighted by Gasteiger charge is -2.36. The minimum absolute atomic E-state index is 0.362. The van der Waals surface area contributed by atoms with E-state index in [-0.39, 0.29) is 0 Å². The Bertz CT molecular complexity index is 606. The van der Waals surface area contributed by atoms with E-state index >= 15 is 0 Å². The van der Waals surface area contributed by atoms with Crippen LogP contribution in [0, 0.1) is 17.8 Å². The quantitative estimate of drug-likeness (QED) is 0.926. The Morgan fingerprint density at radius 2 is 1.81 bits per heavy atom. The molecule has 0 spiro atoms. The summed E-state index contributed by atoms with van der Waals surface area (Å²) in [6.07, 6.45) is 3.98. The first-order valence-electron chi connectivity index (χ1n) is 8.19. The second kappa shape index (κ2) is 5.80. The Hall–Kier alpha value is -1.35. The molecule has 3 unspecified atom stereocenters. The Kier molecular flexibility index (Phi) is 4.03. The van der Waals surface area contributed by atoms with Crippen molar-refractivity contribution in [1.29, 1.82) is 0 Å². The van der Waals surface area contributed by atoms with Crippen molar-refractivity contribution in [2.75, 3.05) is 7.05 Å². The molecule has 0 radical (unpaired) electrons. The smallest absolute Gasteiger partial charge is 0.0875 e. The van der Waals surface area contributed by atoms with Crippen LogP contribution in [-0.4, -0.2) is 16.8 Å². The highest BCUT2D eigenvalue weighted by atomic mass is 15.3. The number of hydrogen-bond acceptors (Lipinski definition) is 2. The molecule has 1 aromatic heterocycles. The van der Waals surface area contributed by atoms with Gasteiger partial charge in [-0.15, -0.1) is 0 Å². The second-order valence-corrected chi connectivity index (χ2v) is 6.97. The molecule has 0 saturated heterocycles. The van der Waals surface area contributed by atoms with Crippen LogP contribution in [0.4, 0.5) is 0 Å². The summed E-state index contributed by atoms with van der Waals surface area (Å²) in [4.78, 5) is 0. The average molecular weight is 285 g/mol. The summed E-state index contributed by atoms with van der Waals surface area (Å²) in [7, 11) is 4.13. The van der Waals surface area contributed by atoms with Gasteiger partial charge >= 0.3 is 0 Å². The first kappa shape index (κ1) is 14.6. The average Bonchev–Trinajstić information content (AvgIpc) is 2.77. The van der Waals surface area contributed by atoms with Crippen LogP contribution in [0.25, 0.3) is 10.9 Å². The van der Waals surface area contributed by atoms with Crippen LogP contribution >= 0.6 is 0 Å². The molecule has 3 atom stereocenters. The third kappa shape index (κ3) is 2.71. The van der Waals surface area contributed by atoms with Gasteiger partial charge in [0.25, 0.3) is 0 Å². The molecule has 0 bridgehead atoms. The van der Waals surface area contributed by atoms with E-state index in [1.54, 1.807) is 0 Å². The maximum absolute atomic E-state index is 4.84. The third-order valence-electron chi connectivity index (χ3n) is 5.08. The molecule has 3 rings (SSSR count). The largest absolute Gasteiger partial charge is 0.311 e. The van der Waals surface area contributed by atoms with Gasteiger partial charge in [0.05, 0.1) is 17.3 Å². The Morgan fingerprint density at radius 3 is 2.48 bits per heavy atom. The predicted octanol–water partition coefficient (Wildman–Crippen LogP) is 3.91. The molecule has 21 heavy (non-hydrogen) atoms. The van der Waals surface area contributed by atoms with E-state index in [4.69, 9.17) is 5.10 Å². The summed E-state index contributed by atoms with van der Waals surface area (Å²) in [5.41, 5.74) is 2.45. The molecular weight excluding hydrogens is 258 g/mol. The molecule has 1 heterocycles. The predicted molar refractivity (Wildman–Crippen MR) is 88.2 cm³/mol. The third-order valence-corrected chi connectivity index (χ3v) is 5.08. The number of fused-ring (bicyclic) bond motifs is 1. The monoisotopic (exact) mass is 285 g/mol. The standard InChI is InChI=1S/C18H27N3/c1-12-9-13(2)11-14(10-12)17(19-3)18-15-7-5-6-8-16(15)21(4)20-18/h5-8,12-14,17,19H,9-11H2,1-4H3. The first-order chi connectivity index (χ1) is 10.1. The van der Waals surface area contributed by atoms with Crippen molar-refractivity contribution in [1.82, 2.24) is 15.1 Å². The molecule has 1 aliphatic rings. The number of nitrogens with one attached hydrogen (secondary N) is 1. The number of hydrogen-bond donors (Lipinski definition) is 1. The van der Waals surface area contributed by atoms with Gasteiger partial charge in [-0.2, -0.15) is 5.10 Å². The highest BCUT2D eigenvalue weighted by molar-refractivity contribution is 5.82. The lowest BCUT2D eigenvalue weighted by atomic mass is 9.73. The number of para-hydroxylation sites is 1. The fraction of sp³-hybridized carbons (Fsp3) is 0.611. The van der Waals surface area contributed by atoms with E-state index in [2.05, 4.69) is 50.5 Å². The SMILES string of the molecule is CNC(c1nn(C)c2ccccc12)C1CC(C)CC(C)C1. The molecule has 1 aromatic carbocycles. The molecule has 0 amide bonds. The maximum atomic E-state index is 4.84. The summed E-state index contributed by atoms with van der Waals surface area (Å²) >= 11 is 0. The van der Waals surface area contributed by atoms with Crippen LogP contribution in [-0.2, 0) is 7.05 Å². The van der Waals surface area contributed by atoms with Gasteiger partial charge in [-0.3, -0.25) is 4.68 Å². The zero-order valence-electron chi connectivity index (χ0n) is 13.6. The van der Waals surface area contributed by atoms with Gasteiger partial charge in [-0.1, -0.05) is 32.0 Å². The van der Waals surface area contributed by atoms with Crippen molar-refractivity contribution in [2.24, 2.45) is 24.8 Å². The van der Waals surface area contributed by atoms with Gasteiger partial charge in [0.1, 0.15) is 0 Å². The van der Waals surface area contributed by atoms with Crippen LogP contribution in [0.2, 0.25) is 0 Å². The minimum atomic E-state index is 0.362. The van der Waals surface area contributed by atoms with Gasteiger partial charge in [0, 0.05) is 12.4 Å². The number of aromatic nitrogens is 2. The van der Waals surface area contributed by atoms with Crippen LogP contribution in [0.5, 0.6) is 0 Å². The molecule has 3 nitrogen and oxygen atoms in total. The normalized spacial score (nSPS) is 27.9. The van der Waals surface area contributed by atoms with Crippen molar-refractivity contribution < 1.29 is 0 Å². The van der Waals surface area contributed by atoms with Gasteiger partial charge in [0.15, 0.2) is 0 Å². The number of rotatable bonds is 3. The molecular formula is C18H27N3. The molecule has 1 aliphatic carbocycles. The van der Waals surface area contributed by atoms with Crippen LogP contribution in [0.15, 0.2) is 24.3 Å². The lowest BCUT2D eigenvalue weighted by molar-refractivity contribution is 0.179. The zero-order valence-corrected chi connectivity index (χ0v) is 13.6. The summed E-state index contributed by atoms with van der Waals surface area (Å²) in [6.45, 7) is 4.79. The second-order valence-electron chi connectivity index (χ2n) is 6.97. The fourth-order valence-corrected chi connectivity index (χ4v) is 4.35.